The Balaban J connectivity index is 0.00000169. The third kappa shape index (κ3) is 5.79. The van der Waals surface area contributed by atoms with Crippen LogP contribution in [0.4, 0.5) is 0 Å². The van der Waals surface area contributed by atoms with Crippen molar-refractivity contribution in [2.75, 3.05) is 52.4 Å². The molecule has 2 fully saturated rings. The van der Waals surface area contributed by atoms with Gasteiger partial charge in [-0.2, -0.15) is 0 Å². The highest BCUT2D eigenvalue weighted by atomic mass is 35.5. The second kappa shape index (κ2) is 11.0. The number of carbonyl (C=O) groups is 2. The Kier molecular flexibility index (Phi) is 9.81. The molecule has 1 aromatic heterocycles. The molecule has 0 saturated carbocycles. The highest BCUT2D eigenvalue weighted by Crippen LogP contribution is 2.14. The van der Waals surface area contributed by atoms with Gasteiger partial charge >= 0.3 is 0 Å². The van der Waals surface area contributed by atoms with Crippen LogP contribution in [0.25, 0.3) is 0 Å². The zero-order chi connectivity index (χ0) is 16.9. The van der Waals surface area contributed by atoms with E-state index >= 15 is 0 Å². The third-order valence-electron chi connectivity index (χ3n) is 4.61. The number of amides is 2. The van der Waals surface area contributed by atoms with Gasteiger partial charge in [0, 0.05) is 38.0 Å². The first-order valence-corrected chi connectivity index (χ1v) is 9.49. The number of carbonyl (C=O) groups excluding carboxylic acids is 2. The number of nitrogens with two attached hydrogens (primary N) is 1. The lowest BCUT2D eigenvalue weighted by atomic mass is 10.2. The summed E-state index contributed by atoms with van der Waals surface area (Å²) in [6, 6.07) is 0. The largest absolute Gasteiger partial charge is 0.338 e. The van der Waals surface area contributed by atoms with Crippen molar-refractivity contribution in [3.8, 4) is 0 Å². The standard InChI is InChI=1S/C16H25N5O2S.2ClH/c17-4-3-14-18-13(12-24-14)16(23)21-9-7-20(8-10-21)15(22)11-19-5-1-2-6-19;;/h12H,1-11,17H2;2*1H. The Morgan fingerprint density at radius 2 is 1.65 bits per heavy atom. The fraction of sp³-hybridized carbons (Fsp3) is 0.688. The second-order valence-corrected chi connectivity index (χ2v) is 7.26. The highest BCUT2D eigenvalue weighted by Gasteiger charge is 2.27. The van der Waals surface area contributed by atoms with E-state index in [9.17, 15) is 9.59 Å². The molecule has 148 valence electrons. The number of halogens is 2. The van der Waals surface area contributed by atoms with Crippen molar-refractivity contribution in [3.05, 3.63) is 16.1 Å². The fourth-order valence-corrected chi connectivity index (χ4v) is 3.99. The van der Waals surface area contributed by atoms with Crippen molar-refractivity contribution in [2.45, 2.75) is 19.3 Å². The first-order valence-electron chi connectivity index (χ1n) is 8.61. The van der Waals surface area contributed by atoms with Gasteiger partial charge in [-0.1, -0.05) is 0 Å². The minimum atomic E-state index is -0.0406. The summed E-state index contributed by atoms with van der Waals surface area (Å²) in [7, 11) is 0. The molecule has 2 N–H and O–H groups in total. The molecule has 0 spiro atoms. The molecule has 2 amide bonds. The van der Waals surface area contributed by atoms with E-state index in [1.165, 1.54) is 24.2 Å². The van der Waals surface area contributed by atoms with Crippen LogP contribution in [-0.4, -0.2) is 83.9 Å². The molecule has 0 unspecified atom stereocenters. The molecule has 2 aliphatic heterocycles. The van der Waals surface area contributed by atoms with E-state index < -0.39 is 0 Å². The van der Waals surface area contributed by atoms with Crippen molar-refractivity contribution in [3.63, 3.8) is 0 Å². The predicted octanol–water partition coefficient (Wildman–Crippen LogP) is 0.868. The maximum Gasteiger partial charge on any atom is 0.273 e. The zero-order valence-electron chi connectivity index (χ0n) is 14.8. The molecular formula is C16H27Cl2N5O2S. The van der Waals surface area contributed by atoms with Crippen LogP contribution in [0.15, 0.2) is 5.38 Å². The zero-order valence-corrected chi connectivity index (χ0v) is 17.2. The topological polar surface area (TPSA) is 82.8 Å². The highest BCUT2D eigenvalue weighted by molar-refractivity contribution is 7.09. The molecule has 1 aromatic rings. The molecule has 3 heterocycles. The normalized spacial score (nSPS) is 17.6. The van der Waals surface area contributed by atoms with Gasteiger partial charge in [0.2, 0.25) is 5.91 Å². The number of hydrogen-bond acceptors (Lipinski definition) is 6. The van der Waals surface area contributed by atoms with Crippen LogP contribution in [0, 0.1) is 0 Å². The third-order valence-corrected chi connectivity index (χ3v) is 5.51. The van der Waals surface area contributed by atoms with Crippen LogP contribution < -0.4 is 5.73 Å². The molecular weight excluding hydrogens is 397 g/mol. The van der Waals surface area contributed by atoms with Gasteiger partial charge in [-0.3, -0.25) is 14.5 Å². The van der Waals surface area contributed by atoms with Gasteiger partial charge in [-0.15, -0.1) is 36.2 Å². The number of hydrogen-bond donors (Lipinski definition) is 1. The number of rotatable bonds is 5. The molecule has 3 rings (SSSR count). The summed E-state index contributed by atoms with van der Waals surface area (Å²) < 4.78 is 0. The number of likely N-dealkylation sites (tertiary alicyclic amines) is 1. The van der Waals surface area contributed by atoms with Gasteiger partial charge in [0.05, 0.1) is 11.6 Å². The Bertz CT molecular complexity index is 587. The number of thiazole rings is 1. The quantitative estimate of drug-likeness (QED) is 0.759. The summed E-state index contributed by atoms with van der Waals surface area (Å²) in [5.41, 5.74) is 6.02. The summed E-state index contributed by atoms with van der Waals surface area (Å²) in [5.74, 6) is 0.143. The number of aromatic nitrogens is 1. The monoisotopic (exact) mass is 423 g/mol. The summed E-state index contributed by atoms with van der Waals surface area (Å²) in [6.45, 7) is 5.48. The molecule has 10 heteroatoms. The summed E-state index contributed by atoms with van der Waals surface area (Å²) in [4.78, 5) is 35.1. The Hall–Kier alpha value is -0.930. The molecule has 0 atom stereocenters. The Labute approximate surface area is 170 Å². The Morgan fingerprint density at radius 1 is 1.04 bits per heavy atom. The van der Waals surface area contributed by atoms with Gasteiger partial charge in [0.25, 0.3) is 5.91 Å². The average Bonchev–Trinajstić information content (AvgIpc) is 3.27. The van der Waals surface area contributed by atoms with E-state index in [-0.39, 0.29) is 36.6 Å². The van der Waals surface area contributed by atoms with Crippen LogP contribution >= 0.6 is 36.2 Å². The van der Waals surface area contributed by atoms with Crippen molar-refractivity contribution in [2.24, 2.45) is 5.73 Å². The van der Waals surface area contributed by atoms with Crippen molar-refractivity contribution < 1.29 is 9.59 Å². The van der Waals surface area contributed by atoms with Crippen molar-refractivity contribution in [1.29, 1.82) is 0 Å². The Morgan fingerprint density at radius 3 is 2.27 bits per heavy atom. The van der Waals surface area contributed by atoms with Crippen LogP contribution in [0.5, 0.6) is 0 Å². The summed E-state index contributed by atoms with van der Waals surface area (Å²) >= 11 is 1.48. The van der Waals surface area contributed by atoms with Gasteiger partial charge in [0.1, 0.15) is 5.69 Å². The van der Waals surface area contributed by atoms with E-state index in [0.717, 1.165) is 18.1 Å². The van der Waals surface area contributed by atoms with E-state index in [1.54, 1.807) is 10.3 Å². The predicted molar refractivity (Wildman–Crippen MR) is 108 cm³/mol. The second-order valence-electron chi connectivity index (χ2n) is 6.32. The molecule has 2 aliphatic rings. The molecule has 2 saturated heterocycles. The molecule has 26 heavy (non-hydrogen) atoms. The minimum absolute atomic E-state index is 0. The fourth-order valence-electron chi connectivity index (χ4n) is 3.20. The first kappa shape index (κ1) is 23.1. The molecule has 0 radical (unpaired) electrons. The smallest absolute Gasteiger partial charge is 0.273 e. The summed E-state index contributed by atoms with van der Waals surface area (Å²) in [5, 5.41) is 2.71. The van der Waals surface area contributed by atoms with Crippen LogP contribution in [0.1, 0.15) is 28.3 Å². The van der Waals surface area contributed by atoms with Gasteiger partial charge in [-0.25, -0.2) is 4.98 Å². The van der Waals surface area contributed by atoms with Crippen molar-refractivity contribution in [1.82, 2.24) is 19.7 Å². The van der Waals surface area contributed by atoms with Gasteiger partial charge in [0.15, 0.2) is 0 Å². The van der Waals surface area contributed by atoms with E-state index in [1.807, 2.05) is 4.90 Å². The molecule has 0 aliphatic carbocycles. The van der Waals surface area contributed by atoms with Crippen molar-refractivity contribution >= 4 is 48.0 Å². The average molecular weight is 424 g/mol. The van der Waals surface area contributed by atoms with Crippen LogP contribution in [0.2, 0.25) is 0 Å². The summed E-state index contributed by atoms with van der Waals surface area (Å²) in [6.07, 6.45) is 3.08. The first-order chi connectivity index (χ1) is 11.7. The molecule has 0 bridgehead atoms. The maximum absolute atomic E-state index is 12.5. The number of nitrogens with zero attached hydrogens (tertiary/aromatic N) is 4. The van der Waals surface area contributed by atoms with E-state index in [2.05, 4.69) is 9.88 Å². The van der Waals surface area contributed by atoms with Crippen LogP contribution in [0.3, 0.4) is 0 Å². The SMILES string of the molecule is Cl.Cl.NCCc1nc(C(=O)N2CCN(C(=O)CN3CCCC3)CC2)cs1. The lowest BCUT2D eigenvalue weighted by molar-refractivity contribution is -0.133. The molecule has 0 aromatic carbocycles. The van der Waals surface area contributed by atoms with Gasteiger partial charge < -0.3 is 15.5 Å². The van der Waals surface area contributed by atoms with Gasteiger partial charge in [-0.05, 0) is 32.5 Å². The lowest BCUT2D eigenvalue weighted by Gasteiger charge is -2.35. The van der Waals surface area contributed by atoms with Crippen LogP contribution in [-0.2, 0) is 11.2 Å². The van der Waals surface area contributed by atoms with E-state index in [0.29, 0.717) is 51.4 Å². The maximum atomic E-state index is 12.5. The number of piperazine rings is 1. The molecule has 7 nitrogen and oxygen atoms in total. The van der Waals surface area contributed by atoms with E-state index in [4.69, 9.17) is 5.73 Å². The minimum Gasteiger partial charge on any atom is -0.338 e. The lowest BCUT2D eigenvalue weighted by Crippen LogP contribution is -2.52.